The number of hydrogen-bond donors (Lipinski definition) is 0. The van der Waals surface area contributed by atoms with Gasteiger partial charge in [0.1, 0.15) is 0 Å². The van der Waals surface area contributed by atoms with Crippen LogP contribution in [0.1, 0.15) is 30.2 Å². The number of carbonyl (C=O) groups is 1. The van der Waals surface area contributed by atoms with Gasteiger partial charge in [0.15, 0.2) is 0 Å². The Kier molecular flexibility index (Phi) is 5.32. The second kappa shape index (κ2) is 7.83. The first-order chi connectivity index (χ1) is 11.8. The van der Waals surface area contributed by atoms with Crippen LogP contribution in [0.5, 0.6) is 0 Å². The Morgan fingerprint density at radius 3 is 2.79 bits per heavy atom. The fraction of sp³-hybridized carbons (Fsp3) is 0.294. The van der Waals surface area contributed by atoms with Crippen molar-refractivity contribution in [1.82, 2.24) is 20.4 Å². The van der Waals surface area contributed by atoms with Crippen molar-refractivity contribution in [3.8, 4) is 10.7 Å². The zero-order chi connectivity index (χ0) is 16.8. The maximum Gasteiger partial charge on any atom is 0.334 e. The molecular formula is C17H18N4O2S. The zero-order valence-corrected chi connectivity index (χ0v) is 14.2. The van der Waals surface area contributed by atoms with Crippen molar-refractivity contribution in [2.24, 2.45) is 0 Å². The van der Waals surface area contributed by atoms with Gasteiger partial charge in [-0.1, -0.05) is 37.3 Å². The molecule has 7 heteroatoms. The fourth-order valence-electron chi connectivity index (χ4n) is 2.29. The number of hydrogen-bond acceptors (Lipinski definition) is 6. The molecule has 0 saturated heterocycles. The second-order valence-electron chi connectivity index (χ2n) is 5.30. The van der Waals surface area contributed by atoms with Crippen LogP contribution in [0.4, 0.5) is 0 Å². The molecule has 0 N–H and O–H groups in total. The minimum Gasteiger partial charge on any atom is -0.316 e. The summed E-state index contributed by atoms with van der Waals surface area (Å²) in [7, 11) is 0. The Labute approximate surface area is 144 Å². The van der Waals surface area contributed by atoms with E-state index in [1.54, 1.807) is 18.3 Å². The molecule has 0 aliphatic rings. The molecule has 24 heavy (non-hydrogen) atoms. The highest BCUT2D eigenvalue weighted by Crippen LogP contribution is 2.26. The summed E-state index contributed by atoms with van der Waals surface area (Å²) >= 11 is 1.62. The molecule has 0 saturated carbocycles. The van der Waals surface area contributed by atoms with Gasteiger partial charge in [-0.05, 0) is 52.2 Å². The summed E-state index contributed by atoms with van der Waals surface area (Å²) < 4.78 is 0. The normalized spacial score (nSPS) is 10.7. The van der Waals surface area contributed by atoms with Crippen molar-refractivity contribution in [3.63, 3.8) is 0 Å². The van der Waals surface area contributed by atoms with Crippen LogP contribution in [-0.2, 0) is 17.6 Å². The number of nitrogens with zero attached hydrogens (tertiary/aromatic N) is 4. The lowest BCUT2D eigenvalue weighted by Crippen LogP contribution is -2.20. The van der Waals surface area contributed by atoms with Crippen molar-refractivity contribution in [2.45, 2.75) is 32.6 Å². The van der Waals surface area contributed by atoms with E-state index in [9.17, 15) is 4.79 Å². The van der Waals surface area contributed by atoms with Crippen molar-refractivity contribution >= 4 is 17.3 Å². The predicted molar refractivity (Wildman–Crippen MR) is 91.5 cm³/mol. The molecule has 0 fully saturated rings. The molecule has 0 aliphatic heterocycles. The monoisotopic (exact) mass is 342 g/mol. The molecular weight excluding hydrogens is 324 g/mol. The molecule has 0 unspecified atom stereocenters. The summed E-state index contributed by atoms with van der Waals surface area (Å²) in [6.07, 6.45) is 3.41. The molecule has 2 aromatic heterocycles. The van der Waals surface area contributed by atoms with Crippen LogP contribution >= 0.6 is 11.3 Å². The lowest BCUT2D eigenvalue weighted by Gasteiger charge is -2.01. The zero-order valence-electron chi connectivity index (χ0n) is 13.4. The van der Waals surface area contributed by atoms with Gasteiger partial charge in [0.25, 0.3) is 0 Å². The lowest BCUT2D eigenvalue weighted by molar-refractivity contribution is -0.145. The molecule has 2 heterocycles. The van der Waals surface area contributed by atoms with E-state index in [0.29, 0.717) is 5.82 Å². The summed E-state index contributed by atoms with van der Waals surface area (Å²) in [5.41, 5.74) is 1.35. The van der Waals surface area contributed by atoms with E-state index in [4.69, 9.17) is 4.84 Å². The molecule has 0 amide bonds. The van der Waals surface area contributed by atoms with E-state index in [1.807, 2.05) is 12.1 Å². The maximum atomic E-state index is 11.4. The van der Waals surface area contributed by atoms with E-state index in [0.717, 1.165) is 29.0 Å². The van der Waals surface area contributed by atoms with Gasteiger partial charge in [0.05, 0.1) is 4.88 Å². The Bertz CT molecular complexity index is 798. The third-order valence-electron chi connectivity index (χ3n) is 3.53. The Morgan fingerprint density at radius 2 is 2.00 bits per heavy atom. The quantitative estimate of drug-likeness (QED) is 0.618. The topological polar surface area (TPSA) is 69.9 Å². The first-order valence-corrected chi connectivity index (χ1v) is 8.70. The number of rotatable bonds is 7. The first kappa shape index (κ1) is 16.3. The number of carbonyl (C=O) groups excluding carboxylic acids is 1. The van der Waals surface area contributed by atoms with E-state index in [1.165, 1.54) is 10.4 Å². The molecule has 0 aliphatic carbocycles. The van der Waals surface area contributed by atoms with Crippen LogP contribution in [0, 0.1) is 0 Å². The molecule has 3 aromatic rings. The SMILES string of the molecule is CCC(=O)On1nnnc1-c1ccc(CCCc2ccccc2)s1. The Morgan fingerprint density at radius 1 is 1.17 bits per heavy atom. The fourth-order valence-corrected chi connectivity index (χ4v) is 3.30. The minimum absolute atomic E-state index is 0.272. The van der Waals surface area contributed by atoms with E-state index in [-0.39, 0.29) is 12.4 Å². The molecule has 0 radical (unpaired) electrons. The molecule has 3 rings (SSSR count). The summed E-state index contributed by atoms with van der Waals surface area (Å²) in [6, 6.07) is 14.5. The van der Waals surface area contributed by atoms with Gasteiger partial charge in [-0.15, -0.1) is 16.4 Å². The average molecular weight is 342 g/mol. The molecule has 1 aromatic carbocycles. The summed E-state index contributed by atoms with van der Waals surface area (Å²) in [6.45, 7) is 1.72. The van der Waals surface area contributed by atoms with E-state index in [2.05, 4.69) is 45.9 Å². The molecule has 0 bridgehead atoms. The summed E-state index contributed by atoms with van der Waals surface area (Å²) in [5, 5.41) is 11.3. The Balaban J connectivity index is 1.61. The highest BCUT2D eigenvalue weighted by Gasteiger charge is 2.15. The van der Waals surface area contributed by atoms with E-state index >= 15 is 0 Å². The van der Waals surface area contributed by atoms with Crippen molar-refractivity contribution in [2.75, 3.05) is 0 Å². The van der Waals surface area contributed by atoms with Gasteiger partial charge >= 0.3 is 5.97 Å². The first-order valence-electron chi connectivity index (χ1n) is 7.89. The van der Waals surface area contributed by atoms with Crippen LogP contribution in [0.25, 0.3) is 10.7 Å². The van der Waals surface area contributed by atoms with Crippen molar-refractivity contribution < 1.29 is 9.63 Å². The predicted octanol–water partition coefficient (Wildman–Crippen LogP) is 2.94. The van der Waals surface area contributed by atoms with Crippen LogP contribution in [0.3, 0.4) is 0 Å². The second-order valence-corrected chi connectivity index (χ2v) is 6.47. The van der Waals surface area contributed by atoms with Gasteiger partial charge in [-0.25, -0.2) is 4.79 Å². The van der Waals surface area contributed by atoms with Crippen LogP contribution in [0.15, 0.2) is 42.5 Å². The number of thiophene rings is 1. The summed E-state index contributed by atoms with van der Waals surface area (Å²) in [5.74, 6) is 0.0827. The Hall–Kier alpha value is -2.54. The molecule has 0 atom stereocenters. The van der Waals surface area contributed by atoms with Crippen LogP contribution in [-0.4, -0.2) is 26.3 Å². The number of aryl methyl sites for hydroxylation is 2. The average Bonchev–Trinajstić information content (AvgIpc) is 3.25. The summed E-state index contributed by atoms with van der Waals surface area (Å²) in [4.78, 5) is 19.7. The molecule has 6 nitrogen and oxygen atoms in total. The maximum absolute atomic E-state index is 11.4. The third-order valence-corrected chi connectivity index (χ3v) is 4.67. The highest BCUT2D eigenvalue weighted by atomic mass is 32.1. The minimum atomic E-state index is -0.372. The van der Waals surface area contributed by atoms with Gasteiger partial charge in [-0.3, -0.25) is 0 Å². The lowest BCUT2D eigenvalue weighted by atomic mass is 10.1. The van der Waals surface area contributed by atoms with Crippen LogP contribution in [0.2, 0.25) is 0 Å². The van der Waals surface area contributed by atoms with Gasteiger partial charge in [0, 0.05) is 11.3 Å². The van der Waals surface area contributed by atoms with Crippen molar-refractivity contribution in [1.29, 1.82) is 0 Å². The highest BCUT2D eigenvalue weighted by molar-refractivity contribution is 7.15. The smallest absolute Gasteiger partial charge is 0.316 e. The number of benzene rings is 1. The van der Waals surface area contributed by atoms with Gasteiger partial charge < -0.3 is 4.84 Å². The van der Waals surface area contributed by atoms with E-state index < -0.39 is 0 Å². The standard InChI is InChI=1S/C17H18N4O2S/c1-2-16(22)23-21-17(18-19-20-21)15-12-11-14(24-15)10-6-9-13-7-4-3-5-8-13/h3-5,7-8,11-12H,2,6,9-10H2,1H3. The molecule has 124 valence electrons. The van der Waals surface area contributed by atoms with Crippen LogP contribution < -0.4 is 4.84 Å². The molecule has 0 spiro atoms. The van der Waals surface area contributed by atoms with Gasteiger partial charge in [-0.2, -0.15) is 0 Å². The van der Waals surface area contributed by atoms with Crippen molar-refractivity contribution in [3.05, 3.63) is 52.9 Å². The largest absolute Gasteiger partial charge is 0.334 e. The third kappa shape index (κ3) is 4.05. The number of aromatic nitrogens is 4. The number of tetrazole rings is 1. The van der Waals surface area contributed by atoms with Gasteiger partial charge in [0.2, 0.25) is 5.82 Å².